The Morgan fingerprint density at radius 1 is 1.16 bits per heavy atom. The van der Waals surface area contributed by atoms with Crippen LogP contribution in [0.1, 0.15) is 44.0 Å². The van der Waals surface area contributed by atoms with E-state index in [9.17, 15) is 13.2 Å². The predicted molar refractivity (Wildman–Crippen MR) is 102 cm³/mol. The molecule has 1 aliphatic heterocycles. The van der Waals surface area contributed by atoms with Crippen LogP contribution in [0.15, 0.2) is 24.3 Å². The number of nitrogens with zero attached hydrogens (tertiary/aromatic N) is 2. The normalized spacial score (nSPS) is 16.0. The number of amides is 1. The number of anilines is 1. The van der Waals surface area contributed by atoms with E-state index in [0.29, 0.717) is 13.1 Å². The third-order valence-corrected chi connectivity index (χ3v) is 6.20. The lowest BCUT2D eigenvalue weighted by atomic mass is 10.0. The van der Waals surface area contributed by atoms with Crippen LogP contribution in [0.2, 0.25) is 0 Å². The molecule has 1 amide bonds. The number of para-hydroxylation sites is 1. The summed E-state index contributed by atoms with van der Waals surface area (Å²) in [6, 6.07) is 7.67. The first-order chi connectivity index (χ1) is 11.9. The first kappa shape index (κ1) is 19.7. The Morgan fingerprint density at radius 2 is 1.76 bits per heavy atom. The van der Waals surface area contributed by atoms with E-state index in [0.717, 1.165) is 37.2 Å². The SMILES string of the molecule is CCN(CC)C(=O)c1ccccc1N1CCC(NS(=O)(=O)CC)CC1. The zero-order chi connectivity index (χ0) is 18.4. The van der Waals surface area contributed by atoms with E-state index < -0.39 is 10.0 Å². The van der Waals surface area contributed by atoms with Gasteiger partial charge in [0.15, 0.2) is 0 Å². The van der Waals surface area contributed by atoms with Gasteiger partial charge in [0.05, 0.1) is 11.3 Å². The molecule has 0 atom stereocenters. The summed E-state index contributed by atoms with van der Waals surface area (Å²) in [6.07, 6.45) is 1.49. The summed E-state index contributed by atoms with van der Waals surface area (Å²) in [4.78, 5) is 16.8. The van der Waals surface area contributed by atoms with Gasteiger partial charge in [0.2, 0.25) is 10.0 Å². The Kier molecular flexibility index (Phi) is 6.84. The average molecular weight is 368 g/mol. The highest BCUT2D eigenvalue weighted by Gasteiger charge is 2.25. The molecular formula is C18H29N3O3S. The molecule has 1 fully saturated rings. The van der Waals surface area contributed by atoms with Crippen LogP contribution < -0.4 is 9.62 Å². The number of hydrogen-bond acceptors (Lipinski definition) is 4. The second-order valence-electron chi connectivity index (χ2n) is 6.28. The number of nitrogens with one attached hydrogen (secondary N) is 1. The molecule has 140 valence electrons. The van der Waals surface area contributed by atoms with Crippen LogP contribution in [-0.4, -0.2) is 57.2 Å². The van der Waals surface area contributed by atoms with E-state index in [4.69, 9.17) is 0 Å². The van der Waals surface area contributed by atoms with Crippen LogP contribution in [0.3, 0.4) is 0 Å². The fourth-order valence-corrected chi connectivity index (χ4v) is 4.10. The summed E-state index contributed by atoms with van der Waals surface area (Å²) < 4.78 is 26.2. The molecule has 0 spiro atoms. The minimum atomic E-state index is -3.17. The van der Waals surface area contributed by atoms with Crippen molar-refractivity contribution in [1.29, 1.82) is 0 Å². The molecule has 1 N–H and O–H groups in total. The van der Waals surface area contributed by atoms with Crippen molar-refractivity contribution < 1.29 is 13.2 Å². The van der Waals surface area contributed by atoms with Crippen LogP contribution in [0.25, 0.3) is 0 Å². The molecule has 0 aromatic heterocycles. The summed E-state index contributed by atoms with van der Waals surface area (Å²) in [7, 11) is -3.17. The van der Waals surface area contributed by atoms with Crippen molar-refractivity contribution in [2.45, 2.75) is 39.7 Å². The molecule has 0 radical (unpaired) electrons. The maximum Gasteiger partial charge on any atom is 0.255 e. The monoisotopic (exact) mass is 367 g/mol. The molecule has 0 unspecified atom stereocenters. The van der Waals surface area contributed by atoms with Gasteiger partial charge >= 0.3 is 0 Å². The van der Waals surface area contributed by atoms with Gasteiger partial charge in [0.25, 0.3) is 5.91 Å². The lowest BCUT2D eigenvalue weighted by Crippen LogP contribution is -2.45. The maximum atomic E-state index is 12.8. The Hall–Kier alpha value is -1.60. The van der Waals surface area contributed by atoms with E-state index in [-0.39, 0.29) is 17.7 Å². The van der Waals surface area contributed by atoms with Gasteiger partial charge in [0.1, 0.15) is 0 Å². The maximum absolute atomic E-state index is 12.8. The highest BCUT2D eigenvalue weighted by atomic mass is 32.2. The Balaban J connectivity index is 2.10. The van der Waals surface area contributed by atoms with Crippen molar-refractivity contribution in [2.75, 3.05) is 36.8 Å². The molecule has 1 saturated heterocycles. The minimum Gasteiger partial charge on any atom is -0.371 e. The van der Waals surface area contributed by atoms with Crippen LogP contribution in [0.5, 0.6) is 0 Å². The number of carbonyl (C=O) groups excluding carboxylic acids is 1. The van der Waals surface area contributed by atoms with Gasteiger partial charge in [-0.25, -0.2) is 13.1 Å². The molecule has 1 heterocycles. The van der Waals surface area contributed by atoms with Crippen molar-refractivity contribution in [1.82, 2.24) is 9.62 Å². The van der Waals surface area contributed by atoms with E-state index in [1.54, 1.807) is 6.92 Å². The Morgan fingerprint density at radius 3 is 2.32 bits per heavy atom. The molecule has 6 nitrogen and oxygen atoms in total. The molecule has 2 rings (SSSR count). The quantitative estimate of drug-likeness (QED) is 0.801. The van der Waals surface area contributed by atoms with Crippen LogP contribution in [-0.2, 0) is 10.0 Å². The van der Waals surface area contributed by atoms with E-state index in [1.807, 2.05) is 43.0 Å². The number of carbonyl (C=O) groups is 1. The molecule has 0 aliphatic carbocycles. The minimum absolute atomic E-state index is 0.0214. The molecule has 25 heavy (non-hydrogen) atoms. The number of benzene rings is 1. The third-order valence-electron chi connectivity index (χ3n) is 4.75. The van der Waals surface area contributed by atoms with Crippen LogP contribution >= 0.6 is 0 Å². The van der Waals surface area contributed by atoms with E-state index in [2.05, 4.69) is 9.62 Å². The average Bonchev–Trinajstić information content (AvgIpc) is 2.63. The smallest absolute Gasteiger partial charge is 0.255 e. The van der Waals surface area contributed by atoms with Crippen LogP contribution in [0, 0.1) is 0 Å². The number of piperidine rings is 1. The fourth-order valence-electron chi connectivity index (χ4n) is 3.19. The van der Waals surface area contributed by atoms with Gasteiger partial charge in [-0.2, -0.15) is 0 Å². The Labute approximate surface area is 151 Å². The van der Waals surface area contributed by atoms with E-state index in [1.165, 1.54) is 0 Å². The van der Waals surface area contributed by atoms with Gasteiger partial charge < -0.3 is 9.80 Å². The summed E-state index contributed by atoms with van der Waals surface area (Å²) >= 11 is 0. The molecule has 1 aromatic rings. The molecule has 7 heteroatoms. The second-order valence-corrected chi connectivity index (χ2v) is 8.32. The summed E-state index contributed by atoms with van der Waals surface area (Å²) in [5.41, 5.74) is 1.66. The first-order valence-corrected chi connectivity index (χ1v) is 10.7. The zero-order valence-corrected chi connectivity index (χ0v) is 16.2. The number of hydrogen-bond donors (Lipinski definition) is 1. The standard InChI is InChI=1S/C18H29N3O3S/c1-4-20(5-2)18(22)16-9-7-8-10-17(16)21-13-11-15(12-14-21)19-25(23,24)6-3/h7-10,15,19H,4-6,11-14H2,1-3H3. The highest BCUT2D eigenvalue weighted by molar-refractivity contribution is 7.89. The van der Waals surface area contributed by atoms with Gasteiger partial charge in [0, 0.05) is 37.9 Å². The van der Waals surface area contributed by atoms with Crippen molar-refractivity contribution >= 4 is 21.6 Å². The van der Waals surface area contributed by atoms with Gasteiger partial charge in [-0.3, -0.25) is 4.79 Å². The molecule has 0 saturated carbocycles. The summed E-state index contributed by atoms with van der Waals surface area (Å²) in [5, 5.41) is 0. The van der Waals surface area contributed by atoms with Gasteiger partial charge in [-0.15, -0.1) is 0 Å². The molecule has 0 bridgehead atoms. The predicted octanol–water partition coefficient (Wildman–Crippen LogP) is 2.08. The van der Waals surface area contributed by atoms with Crippen molar-refractivity contribution in [3.63, 3.8) is 0 Å². The lowest BCUT2D eigenvalue weighted by Gasteiger charge is -2.35. The molecule has 1 aliphatic rings. The number of sulfonamides is 1. The molecule has 1 aromatic carbocycles. The van der Waals surface area contributed by atoms with Crippen LogP contribution in [0.4, 0.5) is 5.69 Å². The fraction of sp³-hybridized carbons (Fsp3) is 0.611. The second kappa shape index (κ2) is 8.67. The lowest BCUT2D eigenvalue weighted by molar-refractivity contribution is 0.0773. The summed E-state index contributed by atoms with van der Waals surface area (Å²) in [5.74, 6) is 0.156. The number of rotatable bonds is 7. The van der Waals surface area contributed by atoms with Crippen molar-refractivity contribution in [3.8, 4) is 0 Å². The van der Waals surface area contributed by atoms with Crippen molar-refractivity contribution in [2.24, 2.45) is 0 Å². The topological polar surface area (TPSA) is 69.7 Å². The Bertz CT molecular complexity index is 679. The highest BCUT2D eigenvalue weighted by Crippen LogP contribution is 2.25. The summed E-state index contributed by atoms with van der Waals surface area (Å²) in [6.45, 7) is 8.45. The zero-order valence-electron chi connectivity index (χ0n) is 15.4. The molecular weight excluding hydrogens is 338 g/mol. The van der Waals surface area contributed by atoms with Gasteiger partial charge in [-0.05, 0) is 45.7 Å². The largest absolute Gasteiger partial charge is 0.371 e. The first-order valence-electron chi connectivity index (χ1n) is 9.05. The van der Waals surface area contributed by atoms with E-state index >= 15 is 0 Å². The van der Waals surface area contributed by atoms with Crippen molar-refractivity contribution in [3.05, 3.63) is 29.8 Å². The van der Waals surface area contributed by atoms with Gasteiger partial charge in [-0.1, -0.05) is 12.1 Å². The third kappa shape index (κ3) is 4.95.